The third kappa shape index (κ3) is 3.16. The van der Waals surface area contributed by atoms with E-state index in [4.69, 9.17) is 5.73 Å². The van der Waals surface area contributed by atoms with E-state index >= 15 is 0 Å². The molecular formula is C13H22N4. The molecule has 0 amide bonds. The van der Waals surface area contributed by atoms with Crippen molar-refractivity contribution < 1.29 is 0 Å². The van der Waals surface area contributed by atoms with Crippen LogP contribution in [0.3, 0.4) is 0 Å². The van der Waals surface area contributed by atoms with Gasteiger partial charge in [-0.05, 0) is 31.7 Å². The molecule has 1 aliphatic rings. The lowest BCUT2D eigenvalue weighted by atomic mass is 10.1. The highest BCUT2D eigenvalue weighted by Gasteiger charge is 2.18. The van der Waals surface area contributed by atoms with Crippen LogP contribution in [0.4, 0.5) is 5.95 Å². The number of nitrogens with zero attached hydrogens (tertiary/aromatic N) is 3. The van der Waals surface area contributed by atoms with Gasteiger partial charge in [0.1, 0.15) is 0 Å². The van der Waals surface area contributed by atoms with Crippen LogP contribution in [0.25, 0.3) is 0 Å². The van der Waals surface area contributed by atoms with Gasteiger partial charge in [-0.2, -0.15) is 0 Å². The maximum Gasteiger partial charge on any atom is 0.225 e. The van der Waals surface area contributed by atoms with Gasteiger partial charge in [-0.1, -0.05) is 12.8 Å². The van der Waals surface area contributed by atoms with Crippen LogP contribution in [-0.4, -0.2) is 23.6 Å². The molecule has 1 heterocycles. The van der Waals surface area contributed by atoms with Gasteiger partial charge in [0.05, 0.1) is 5.69 Å². The fraction of sp³-hybridized carbons (Fsp3) is 0.692. The van der Waals surface area contributed by atoms with E-state index in [0.717, 1.165) is 29.8 Å². The molecule has 1 aromatic rings. The molecule has 0 bridgehead atoms. The van der Waals surface area contributed by atoms with Crippen molar-refractivity contribution in [1.29, 1.82) is 0 Å². The van der Waals surface area contributed by atoms with Crippen LogP contribution in [0.15, 0.2) is 6.07 Å². The summed E-state index contributed by atoms with van der Waals surface area (Å²) in [7, 11) is 2.08. The monoisotopic (exact) mass is 234 g/mol. The first-order chi connectivity index (χ1) is 8.19. The van der Waals surface area contributed by atoms with Crippen LogP contribution in [0, 0.1) is 12.8 Å². The number of hydrogen-bond donors (Lipinski definition) is 1. The zero-order chi connectivity index (χ0) is 12.3. The van der Waals surface area contributed by atoms with Crippen molar-refractivity contribution in [2.24, 2.45) is 11.7 Å². The second-order valence-corrected chi connectivity index (χ2v) is 5.04. The Morgan fingerprint density at radius 1 is 1.35 bits per heavy atom. The number of aryl methyl sites for hydroxylation is 1. The molecule has 1 fully saturated rings. The Labute approximate surface area is 103 Å². The Balaban J connectivity index is 2.06. The van der Waals surface area contributed by atoms with Crippen molar-refractivity contribution in [2.75, 3.05) is 18.5 Å². The first-order valence-corrected chi connectivity index (χ1v) is 6.45. The molecule has 94 valence electrons. The van der Waals surface area contributed by atoms with Gasteiger partial charge in [-0.15, -0.1) is 0 Å². The summed E-state index contributed by atoms with van der Waals surface area (Å²) in [6.07, 6.45) is 5.45. The third-order valence-electron chi connectivity index (χ3n) is 3.45. The quantitative estimate of drug-likeness (QED) is 0.864. The lowest BCUT2D eigenvalue weighted by Crippen LogP contribution is -2.26. The van der Waals surface area contributed by atoms with Crippen LogP contribution in [0.5, 0.6) is 0 Å². The highest BCUT2D eigenvalue weighted by molar-refractivity contribution is 5.31. The second kappa shape index (κ2) is 5.45. The molecule has 0 saturated heterocycles. The average molecular weight is 234 g/mol. The molecule has 1 aromatic heterocycles. The Morgan fingerprint density at radius 2 is 2.06 bits per heavy atom. The van der Waals surface area contributed by atoms with Crippen LogP contribution in [-0.2, 0) is 6.54 Å². The molecule has 0 atom stereocenters. The van der Waals surface area contributed by atoms with Gasteiger partial charge in [-0.25, -0.2) is 9.97 Å². The highest BCUT2D eigenvalue weighted by atomic mass is 15.2. The minimum absolute atomic E-state index is 0.480. The summed E-state index contributed by atoms with van der Waals surface area (Å²) in [6, 6.07) is 1.95. The minimum Gasteiger partial charge on any atom is -0.344 e. The van der Waals surface area contributed by atoms with E-state index in [1.165, 1.54) is 25.7 Å². The molecule has 2 rings (SSSR count). The molecule has 0 aliphatic heterocycles. The first-order valence-electron chi connectivity index (χ1n) is 6.45. The maximum absolute atomic E-state index is 5.64. The summed E-state index contributed by atoms with van der Waals surface area (Å²) in [4.78, 5) is 11.1. The van der Waals surface area contributed by atoms with E-state index in [9.17, 15) is 0 Å². The lowest BCUT2D eigenvalue weighted by Gasteiger charge is -2.21. The Kier molecular flexibility index (Phi) is 3.94. The minimum atomic E-state index is 0.480. The summed E-state index contributed by atoms with van der Waals surface area (Å²) in [5, 5.41) is 0. The number of aromatic nitrogens is 2. The fourth-order valence-electron chi connectivity index (χ4n) is 2.55. The normalized spacial score (nSPS) is 16.4. The molecular weight excluding hydrogens is 212 g/mol. The average Bonchev–Trinajstić information content (AvgIpc) is 2.81. The van der Waals surface area contributed by atoms with Crippen molar-refractivity contribution in [3.05, 3.63) is 17.5 Å². The summed E-state index contributed by atoms with van der Waals surface area (Å²) in [5.74, 6) is 1.63. The van der Waals surface area contributed by atoms with Crippen molar-refractivity contribution in [3.63, 3.8) is 0 Å². The molecule has 0 unspecified atom stereocenters. The van der Waals surface area contributed by atoms with Gasteiger partial charge in [0, 0.05) is 25.8 Å². The van der Waals surface area contributed by atoms with Crippen molar-refractivity contribution in [2.45, 2.75) is 39.2 Å². The number of anilines is 1. The van der Waals surface area contributed by atoms with E-state index in [1.807, 2.05) is 13.0 Å². The lowest BCUT2D eigenvalue weighted by molar-refractivity contribution is 0.542. The summed E-state index contributed by atoms with van der Waals surface area (Å²) >= 11 is 0. The molecule has 4 heteroatoms. The highest BCUT2D eigenvalue weighted by Crippen LogP contribution is 2.26. The van der Waals surface area contributed by atoms with E-state index in [2.05, 4.69) is 21.9 Å². The zero-order valence-corrected chi connectivity index (χ0v) is 10.8. The Hall–Kier alpha value is -1.16. The maximum atomic E-state index is 5.64. The van der Waals surface area contributed by atoms with E-state index < -0.39 is 0 Å². The van der Waals surface area contributed by atoms with Crippen LogP contribution >= 0.6 is 0 Å². The summed E-state index contributed by atoms with van der Waals surface area (Å²) < 4.78 is 0. The molecule has 17 heavy (non-hydrogen) atoms. The topological polar surface area (TPSA) is 55.0 Å². The van der Waals surface area contributed by atoms with Crippen LogP contribution in [0.1, 0.15) is 37.1 Å². The van der Waals surface area contributed by atoms with E-state index in [1.54, 1.807) is 0 Å². The molecule has 4 nitrogen and oxygen atoms in total. The van der Waals surface area contributed by atoms with Gasteiger partial charge >= 0.3 is 0 Å². The van der Waals surface area contributed by atoms with E-state index in [-0.39, 0.29) is 0 Å². The molecule has 1 aliphatic carbocycles. The molecule has 2 N–H and O–H groups in total. The number of rotatable bonds is 4. The van der Waals surface area contributed by atoms with Crippen molar-refractivity contribution >= 4 is 5.95 Å². The van der Waals surface area contributed by atoms with Gasteiger partial charge in [-0.3, -0.25) is 0 Å². The summed E-state index contributed by atoms with van der Waals surface area (Å²) in [5.41, 5.74) is 7.56. The molecule has 1 saturated carbocycles. The van der Waals surface area contributed by atoms with Gasteiger partial charge in [0.2, 0.25) is 5.95 Å². The predicted octanol–water partition coefficient (Wildman–Crippen LogP) is 1.87. The third-order valence-corrected chi connectivity index (χ3v) is 3.45. The van der Waals surface area contributed by atoms with E-state index in [0.29, 0.717) is 6.54 Å². The van der Waals surface area contributed by atoms with Gasteiger partial charge in [0.25, 0.3) is 0 Å². The smallest absolute Gasteiger partial charge is 0.225 e. The Morgan fingerprint density at radius 3 is 2.71 bits per heavy atom. The molecule has 0 aromatic carbocycles. The fourth-order valence-corrected chi connectivity index (χ4v) is 2.55. The molecule has 0 spiro atoms. The van der Waals surface area contributed by atoms with Crippen molar-refractivity contribution in [3.8, 4) is 0 Å². The summed E-state index contributed by atoms with van der Waals surface area (Å²) in [6.45, 7) is 3.54. The number of nitrogens with two attached hydrogens (primary N) is 1. The SMILES string of the molecule is Cc1cc(CN)nc(N(C)CC2CCCC2)n1. The first kappa shape index (κ1) is 12.3. The number of hydrogen-bond acceptors (Lipinski definition) is 4. The predicted molar refractivity (Wildman–Crippen MR) is 69.9 cm³/mol. The Bertz CT molecular complexity index is 372. The van der Waals surface area contributed by atoms with Crippen LogP contribution in [0.2, 0.25) is 0 Å². The largest absolute Gasteiger partial charge is 0.344 e. The van der Waals surface area contributed by atoms with Gasteiger partial charge in [0.15, 0.2) is 0 Å². The van der Waals surface area contributed by atoms with Crippen LogP contribution < -0.4 is 10.6 Å². The second-order valence-electron chi connectivity index (χ2n) is 5.04. The molecule has 0 radical (unpaired) electrons. The standard InChI is InChI=1S/C13H22N4/c1-10-7-12(8-14)16-13(15-10)17(2)9-11-5-3-4-6-11/h7,11H,3-6,8-9,14H2,1-2H3. The van der Waals surface area contributed by atoms with Crippen molar-refractivity contribution in [1.82, 2.24) is 9.97 Å². The van der Waals surface area contributed by atoms with Gasteiger partial charge < -0.3 is 10.6 Å². The zero-order valence-electron chi connectivity index (χ0n) is 10.8.